The number of fused-ring (bicyclic) bond motifs is 1. The third-order valence-corrected chi connectivity index (χ3v) is 4.98. The van der Waals surface area contributed by atoms with Crippen LogP contribution in [0.2, 0.25) is 0 Å². The van der Waals surface area contributed by atoms with Crippen molar-refractivity contribution in [3.8, 4) is 10.4 Å². The minimum atomic E-state index is 0.532. The van der Waals surface area contributed by atoms with Gasteiger partial charge in [0.2, 0.25) is 0 Å². The van der Waals surface area contributed by atoms with Crippen LogP contribution in [0, 0.1) is 13.8 Å². The molecule has 2 N–H and O–H groups in total. The monoisotopic (exact) mass is 249 g/mol. The number of nitrogens with two attached hydrogens (primary N) is 1. The number of hydrogen-bond donors (Lipinski definition) is 1. The first-order valence-electron chi connectivity index (χ1n) is 4.99. The number of thiophene rings is 2. The Labute approximate surface area is 101 Å². The predicted molar refractivity (Wildman–Crippen MR) is 71.3 cm³/mol. The molecule has 3 rings (SSSR count). The van der Waals surface area contributed by atoms with Crippen molar-refractivity contribution in [3.63, 3.8) is 0 Å². The lowest BCUT2D eigenvalue weighted by Gasteiger charge is -1.95. The fourth-order valence-corrected chi connectivity index (χ4v) is 4.19. The number of hydrogen-bond acceptors (Lipinski definition) is 4. The zero-order chi connectivity index (χ0) is 11.3. The molecule has 3 aromatic heterocycles. The molecule has 0 aliphatic carbocycles. The van der Waals surface area contributed by atoms with E-state index < -0.39 is 0 Å². The van der Waals surface area contributed by atoms with Crippen molar-refractivity contribution in [1.29, 1.82) is 0 Å². The maximum absolute atomic E-state index is 5.79. The third-order valence-electron chi connectivity index (χ3n) is 2.75. The molecule has 0 bridgehead atoms. The minimum absolute atomic E-state index is 0.532. The van der Waals surface area contributed by atoms with Crippen molar-refractivity contribution < 1.29 is 4.42 Å². The summed E-state index contributed by atoms with van der Waals surface area (Å²) < 4.78 is 6.82. The van der Waals surface area contributed by atoms with Gasteiger partial charge in [-0.15, -0.1) is 22.7 Å². The lowest BCUT2D eigenvalue weighted by molar-refractivity contribution is 0.553. The molecule has 0 unspecified atom stereocenters. The summed E-state index contributed by atoms with van der Waals surface area (Å²) in [5.41, 5.74) is 7.99. The van der Waals surface area contributed by atoms with Crippen molar-refractivity contribution in [2.24, 2.45) is 0 Å². The Morgan fingerprint density at radius 1 is 1.31 bits per heavy atom. The first kappa shape index (κ1) is 9.93. The summed E-state index contributed by atoms with van der Waals surface area (Å²) in [5, 5.41) is 3.43. The van der Waals surface area contributed by atoms with Gasteiger partial charge in [0.1, 0.15) is 5.76 Å². The van der Waals surface area contributed by atoms with Crippen molar-refractivity contribution in [3.05, 3.63) is 28.8 Å². The zero-order valence-electron chi connectivity index (χ0n) is 9.03. The van der Waals surface area contributed by atoms with Crippen LogP contribution >= 0.6 is 22.7 Å². The number of rotatable bonds is 1. The lowest BCUT2D eigenvalue weighted by Crippen LogP contribution is -1.83. The normalized spacial score (nSPS) is 11.4. The van der Waals surface area contributed by atoms with Gasteiger partial charge in [0.25, 0.3) is 0 Å². The Morgan fingerprint density at radius 3 is 2.75 bits per heavy atom. The van der Waals surface area contributed by atoms with E-state index in [9.17, 15) is 0 Å². The maximum Gasteiger partial charge on any atom is 0.194 e. The van der Waals surface area contributed by atoms with Crippen LogP contribution in [0.15, 0.2) is 21.9 Å². The first-order chi connectivity index (χ1) is 7.66. The van der Waals surface area contributed by atoms with Gasteiger partial charge < -0.3 is 10.2 Å². The molecular formula is C12H11NOS2. The largest absolute Gasteiger partial charge is 0.445 e. The quantitative estimate of drug-likeness (QED) is 0.693. The van der Waals surface area contributed by atoms with Gasteiger partial charge in [0.15, 0.2) is 5.88 Å². The molecule has 0 amide bonds. The number of furan rings is 1. The molecule has 2 nitrogen and oxygen atoms in total. The van der Waals surface area contributed by atoms with Crippen LogP contribution in [-0.2, 0) is 0 Å². The third kappa shape index (κ3) is 1.30. The van der Waals surface area contributed by atoms with Crippen molar-refractivity contribution >= 4 is 38.0 Å². The molecule has 0 radical (unpaired) electrons. The molecule has 0 saturated heterocycles. The van der Waals surface area contributed by atoms with Gasteiger partial charge in [0, 0.05) is 21.4 Å². The van der Waals surface area contributed by atoms with Crippen LogP contribution in [0.3, 0.4) is 0 Å². The number of nitrogen functional groups attached to an aromatic ring is 1. The van der Waals surface area contributed by atoms with Crippen LogP contribution in [0.25, 0.3) is 19.8 Å². The molecule has 16 heavy (non-hydrogen) atoms. The zero-order valence-corrected chi connectivity index (χ0v) is 10.7. The minimum Gasteiger partial charge on any atom is -0.445 e. The summed E-state index contributed by atoms with van der Waals surface area (Å²) in [6.07, 6.45) is 0. The standard InChI is InChI=1S/C12H11NOS2/c1-6-10(7(2)14-11(6)13)9-5-8-3-4-15-12(8)16-9/h3-5H,13H2,1-2H3. The van der Waals surface area contributed by atoms with Crippen molar-refractivity contribution in [2.75, 3.05) is 5.73 Å². The topological polar surface area (TPSA) is 39.2 Å². The fraction of sp³-hybridized carbons (Fsp3) is 0.167. The summed E-state index contributed by atoms with van der Waals surface area (Å²) in [6.45, 7) is 3.97. The van der Waals surface area contributed by atoms with E-state index in [1.54, 1.807) is 22.7 Å². The van der Waals surface area contributed by atoms with Gasteiger partial charge in [-0.05, 0) is 31.4 Å². The molecule has 0 aromatic carbocycles. The SMILES string of the molecule is Cc1oc(N)c(C)c1-c1cc2ccsc2s1. The average Bonchev–Trinajstić information content (AvgIpc) is 2.82. The second-order valence-electron chi connectivity index (χ2n) is 3.80. The van der Waals surface area contributed by atoms with Gasteiger partial charge in [-0.2, -0.15) is 0 Å². The molecule has 0 saturated carbocycles. The molecule has 0 aliphatic rings. The molecule has 0 atom stereocenters. The predicted octanol–water partition coefficient (Wildman–Crippen LogP) is 4.42. The molecule has 4 heteroatoms. The Bertz CT molecular complexity index is 631. The Balaban J connectivity index is 2.26. The number of anilines is 1. The van der Waals surface area contributed by atoms with E-state index in [1.165, 1.54) is 14.3 Å². The highest BCUT2D eigenvalue weighted by Crippen LogP contribution is 2.41. The van der Waals surface area contributed by atoms with Gasteiger partial charge >= 0.3 is 0 Å². The van der Waals surface area contributed by atoms with Gasteiger partial charge in [-0.25, -0.2) is 0 Å². The number of aryl methyl sites for hydroxylation is 1. The van der Waals surface area contributed by atoms with Gasteiger partial charge in [-0.1, -0.05) is 0 Å². The van der Waals surface area contributed by atoms with Crippen LogP contribution < -0.4 is 5.73 Å². The highest BCUT2D eigenvalue weighted by Gasteiger charge is 2.16. The fourth-order valence-electron chi connectivity index (χ4n) is 1.93. The average molecular weight is 249 g/mol. The Kier molecular flexibility index (Phi) is 2.09. The second-order valence-corrected chi connectivity index (χ2v) is 6.02. The first-order valence-corrected chi connectivity index (χ1v) is 6.69. The summed E-state index contributed by atoms with van der Waals surface area (Å²) in [4.78, 5) is 1.25. The van der Waals surface area contributed by atoms with E-state index in [1.807, 2.05) is 13.8 Å². The molecule has 82 valence electrons. The summed E-state index contributed by atoms with van der Waals surface area (Å²) >= 11 is 3.58. The summed E-state index contributed by atoms with van der Waals surface area (Å²) in [7, 11) is 0. The van der Waals surface area contributed by atoms with Crippen LogP contribution in [0.1, 0.15) is 11.3 Å². The lowest BCUT2D eigenvalue weighted by atomic mass is 10.1. The summed E-state index contributed by atoms with van der Waals surface area (Å²) in [5.74, 6) is 1.44. The molecule has 0 fully saturated rings. The molecule has 0 spiro atoms. The van der Waals surface area contributed by atoms with Crippen LogP contribution in [0.4, 0.5) is 5.88 Å². The van der Waals surface area contributed by atoms with E-state index in [-0.39, 0.29) is 0 Å². The van der Waals surface area contributed by atoms with E-state index in [4.69, 9.17) is 10.2 Å². The highest BCUT2D eigenvalue weighted by atomic mass is 32.2. The van der Waals surface area contributed by atoms with Crippen LogP contribution in [-0.4, -0.2) is 0 Å². The van der Waals surface area contributed by atoms with Crippen molar-refractivity contribution in [2.45, 2.75) is 13.8 Å². The van der Waals surface area contributed by atoms with E-state index in [0.717, 1.165) is 16.9 Å². The Hall–Kier alpha value is -1.26. The van der Waals surface area contributed by atoms with Gasteiger partial charge in [0.05, 0.1) is 4.01 Å². The van der Waals surface area contributed by atoms with E-state index >= 15 is 0 Å². The van der Waals surface area contributed by atoms with E-state index in [0.29, 0.717) is 5.88 Å². The van der Waals surface area contributed by atoms with Gasteiger partial charge in [-0.3, -0.25) is 0 Å². The van der Waals surface area contributed by atoms with E-state index in [2.05, 4.69) is 17.5 Å². The molecule has 3 heterocycles. The maximum atomic E-state index is 5.79. The molecule has 0 aliphatic heterocycles. The molecular weight excluding hydrogens is 238 g/mol. The van der Waals surface area contributed by atoms with Crippen LogP contribution in [0.5, 0.6) is 0 Å². The molecule has 3 aromatic rings. The van der Waals surface area contributed by atoms with Crippen molar-refractivity contribution in [1.82, 2.24) is 0 Å². The summed E-state index contributed by atoms with van der Waals surface area (Å²) in [6, 6.07) is 4.36. The smallest absolute Gasteiger partial charge is 0.194 e. The highest BCUT2D eigenvalue weighted by molar-refractivity contribution is 7.39. The Morgan fingerprint density at radius 2 is 2.12 bits per heavy atom. The second kappa shape index (κ2) is 3.37.